The van der Waals surface area contributed by atoms with Crippen molar-refractivity contribution in [2.45, 2.75) is 19.3 Å². The van der Waals surface area contributed by atoms with E-state index >= 15 is 0 Å². The van der Waals surface area contributed by atoms with Gasteiger partial charge in [0.1, 0.15) is 0 Å². The molecular formula is C10H10BrN. The van der Waals surface area contributed by atoms with Crippen molar-refractivity contribution in [3.63, 3.8) is 0 Å². The Morgan fingerprint density at radius 3 is 2.67 bits per heavy atom. The third-order valence-corrected chi connectivity index (χ3v) is 2.22. The minimum Gasteiger partial charge on any atom is -0.263 e. The van der Waals surface area contributed by atoms with Crippen LogP contribution in [0.1, 0.15) is 19.4 Å². The van der Waals surface area contributed by atoms with E-state index in [0.717, 1.165) is 10.0 Å². The molecule has 1 heterocycles. The van der Waals surface area contributed by atoms with Gasteiger partial charge in [-0.3, -0.25) is 4.98 Å². The summed E-state index contributed by atoms with van der Waals surface area (Å²) in [4.78, 5) is 4.06. The minimum atomic E-state index is -0.239. The average molecular weight is 224 g/mol. The first-order valence-corrected chi connectivity index (χ1v) is 4.44. The van der Waals surface area contributed by atoms with Gasteiger partial charge in [0.05, 0.1) is 5.41 Å². The minimum absolute atomic E-state index is 0.239. The lowest BCUT2D eigenvalue weighted by atomic mass is 9.87. The SMILES string of the molecule is C#CC(C)(C)c1cncc(Br)c1. The van der Waals surface area contributed by atoms with Crippen LogP contribution in [-0.2, 0) is 5.41 Å². The molecule has 0 aliphatic heterocycles. The largest absolute Gasteiger partial charge is 0.263 e. The summed E-state index contributed by atoms with van der Waals surface area (Å²) in [5.74, 6) is 2.72. The van der Waals surface area contributed by atoms with Gasteiger partial charge in [-0.2, -0.15) is 0 Å². The number of hydrogen-bond acceptors (Lipinski definition) is 1. The van der Waals surface area contributed by atoms with Crippen LogP contribution in [0.25, 0.3) is 0 Å². The maximum atomic E-state index is 5.40. The summed E-state index contributed by atoms with van der Waals surface area (Å²) in [5, 5.41) is 0. The Labute approximate surface area is 81.3 Å². The molecule has 0 aliphatic rings. The molecule has 1 nitrogen and oxygen atoms in total. The quantitative estimate of drug-likeness (QED) is 0.668. The number of nitrogens with zero attached hydrogens (tertiary/aromatic N) is 1. The molecule has 0 fully saturated rings. The Morgan fingerprint density at radius 2 is 2.17 bits per heavy atom. The summed E-state index contributed by atoms with van der Waals surface area (Å²) in [6.07, 6.45) is 8.94. The second-order valence-corrected chi connectivity index (χ2v) is 4.08. The molecule has 0 saturated heterocycles. The summed E-state index contributed by atoms with van der Waals surface area (Å²) >= 11 is 3.35. The van der Waals surface area contributed by atoms with E-state index in [1.807, 2.05) is 19.9 Å². The summed E-state index contributed by atoms with van der Waals surface area (Å²) in [7, 11) is 0. The molecule has 1 aromatic heterocycles. The van der Waals surface area contributed by atoms with Gasteiger partial charge in [0.25, 0.3) is 0 Å². The van der Waals surface area contributed by atoms with Gasteiger partial charge in [0.2, 0.25) is 0 Å². The van der Waals surface area contributed by atoms with Crippen LogP contribution in [0.15, 0.2) is 22.9 Å². The van der Waals surface area contributed by atoms with Gasteiger partial charge in [0.15, 0.2) is 0 Å². The van der Waals surface area contributed by atoms with Gasteiger partial charge in [0, 0.05) is 16.9 Å². The molecular weight excluding hydrogens is 214 g/mol. The first-order chi connectivity index (χ1) is 5.56. The van der Waals surface area contributed by atoms with Gasteiger partial charge in [-0.15, -0.1) is 6.42 Å². The Kier molecular flexibility index (Phi) is 2.54. The molecule has 0 radical (unpaired) electrons. The van der Waals surface area contributed by atoms with Gasteiger partial charge >= 0.3 is 0 Å². The van der Waals surface area contributed by atoms with Crippen LogP contribution in [0.4, 0.5) is 0 Å². The molecule has 0 spiro atoms. The summed E-state index contributed by atoms with van der Waals surface area (Å²) in [5.41, 5.74) is 0.816. The zero-order valence-corrected chi connectivity index (χ0v) is 8.72. The zero-order chi connectivity index (χ0) is 9.19. The molecule has 2 heteroatoms. The normalized spacial score (nSPS) is 10.8. The Bertz CT molecular complexity index is 323. The van der Waals surface area contributed by atoms with E-state index in [1.54, 1.807) is 12.4 Å². The molecule has 0 N–H and O–H groups in total. The van der Waals surface area contributed by atoms with Crippen LogP contribution in [-0.4, -0.2) is 4.98 Å². The molecule has 62 valence electrons. The van der Waals surface area contributed by atoms with E-state index in [9.17, 15) is 0 Å². The number of aromatic nitrogens is 1. The Morgan fingerprint density at radius 1 is 1.50 bits per heavy atom. The highest BCUT2D eigenvalue weighted by atomic mass is 79.9. The third kappa shape index (κ3) is 1.86. The monoisotopic (exact) mass is 223 g/mol. The lowest BCUT2D eigenvalue weighted by molar-refractivity contribution is 0.694. The maximum Gasteiger partial charge on any atom is 0.0519 e. The lowest BCUT2D eigenvalue weighted by Gasteiger charge is -2.17. The van der Waals surface area contributed by atoms with E-state index in [1.165, 1.54) is 0 Å². The third-order valence-electron chi connectivity index (χ3n) is 1.79. The number of pyridine rings is 1. The standard InChI is InChI=1S/C10H10BrN/c1-4-10(2,3)8-5-9(11)7-12-6-8/h1,5-7H,2-3H3. The smallest absolute Gasteiger partial charge is 0.0519 e. The number of hydrogen-bond donors (Lipinski definition) is 0. The molecule has 0 aromatic carbocycles. The van der Waals surface area contributed by atoms with Crippen LogP contribution < -0.4 is 0 Å². The van der Waals surface area contributed by atoms with Crippen molar-refractivity contribution in [3.05, 3.63) is 28.5 Å². The lowest BCUT2D eigenvalue weighted by Crippen LogP contribution is -2.13. The van der Waals surface area contributed by atoms with E-state index < -0.39 is 0 Å². The van der Waals surface area contributed by atoms with E-state index in [2.05, 4.69) is 26.8 Å². The molecule has 0 aliphatic carbocycles. The molecule has 0 atom stereocenters. The Balaban J connectivity index is 3.14. The maximum absolute atomic E-state index is 5.40. The number of halogens is 1. The summed E-state index contributed by atoms with van der Waals surface area (Å²) in [6.45, 7) is 3.99. The van der Waals surface area contributed by atoms with Crippen molar-refractivity contribution < 1.29 is 0 Å². The first-order valence-electron chi connectivity index (χ1n) is 3.65. The van der Waals surface area contributed by atoms with Crippen LogP contribution in [0, 0.1) is 12.3 Å². The molecule has 0 amide bonds. The second-order valence-electron chi connectivity index (χ2n) is 3.16. The van der Waals surface area contributed by atoms with E-state index in [-0.39, 0.29) is 5.41 Å². The number of rotatable bonds is 1. The zero-order valence-electron chi connectivity index (χ0n) is 7.13. The van der Waals surface area contributed by atoms with Crippen molar-refractivity contribution in [1.82, 2.24) is 4.98 Å². The first kappa shape index (κ1) is 9.28. The predicted octanol–water partition coefficient (Wildman–Crippen LogP) is 2.75. The van der Waals surface area contributed by atoms with Crippen LogP contribution in [0.3, 0.4) is 0 Å². The molecule has 12 heavy (non-hydrogen) atoms. The van der Waals surface area contributed by atoms with Crippen molar-refractivity contribution in [1.29, 1.82) is 0 Å². The van der Waals surface area contributed by atoms with Gasteiger partial charge < -0.3 is 0 Å². The second kappa shape index (κ2) is 3.28. The number of terminal acetylenes is 1. The highest BCUT2D eigenvalue weighted by molar-refractivity contribution is 9.10. The fourth-order valence-corrected chi connectivity index (χ4v) is 1.20. The van der Waals surface area contributed by atoms with Crippen LogP contribution in [0.5, 0.6) is 0 Å². The van der Waals surface area contributed by atoms with Gasteiger partial charge in [-0.25, -0.2) is 0 Å². The Hall–Kier alpha value is -0.810. The molecule has 1 rings (SSSR count). The average Bonchev–Trinajstić information content (AvgIpc) is 2.05. The molecule has 0 bridgehead atoms. The van der Waals surface area contributed by atoms with Crippen molar-refractivity contribution in [2.24, 2.45) is 0 Å². The molecule has 1 aromatic rings. The fraction of sp³-hybridized carbons (Fsp3) is 0.300. The van der Waals surface area contributed by atoms with Crippen molar-refractivity contribution in [3.8, 4) is 12.3 Å². The highest BCUT2D eigenvalue weighted by Crippen LogP contribution is 2.23. The molecule has 0 unspecified atom stereocenters. The van der Waals surface area contributed by atoms with E-state index in [0.29, 0.717) is 0 Å². The van der Waals surface area contributed by atoms with Crippen molar-refractivity contribution >= 4 is 15.9 Å². The van der Waals surface area contributed by atoms with Gasteiger partial charge in [-0.05, 0) is 41.4 Å². The highest BCUT2D eigenvalue weighted by Gasteiger charge is 2.17. The molecule has 0 saturated carbocycles. The predicted molar refractivity (Wildman–Crippen MR) is 53.8 cm³/mol. The van der Waals surface area contributed by atoms with Gasteiger partial charge in [-0.1, -0.05) is 5.92 Å². The van der Waals surface area contributed by atoms with Crippen molar-refractivity contribution in [2.75, 3.05) is 0 Å². The topological polar surface area (TPSA) is 12.9 Å². The summed E-state index contributed by atoms with van der Waals surface area (Å²) in [6, 6.07) is 1.99. The van der Waals surface area contributed by atoms with Crippen LogP contribution >= 0.6 is 15.9 Å². The fourth-order valence-electron chi connectivity index (χ4n) is 0.837. The van der Waals surface area contributed by atoms with Crippen LogP contribution in [0.2, 0.25) is 0 Å². The van der Waals surface area contributed by atoms with E-state index in [4.69, 9.17) is 6.42 Å². The summed E-state index contributed by atoms with van der Waals surface area (Å²) < 4.78 is 0.961.